The number of hydrogen-bond donors (Lipinski definition) is 0. The van der Waals surface area contributed by atoms with Gasteiger partial charge in [0, 0.05) is 30.6 Å². The molecule has 0 bridgehead atoms. The second-order valence-electron chi connectivity index (χ2n) is 14.5. The van der Waals surface area contributed by atoms with E-state index >= 15 is 8.78 Å². The van der Waals surface area contributed by atoms with Gasteiger partial charge in [0.15, 0.2) is 0 Å². The Balaban J connectivity index is 2.02. The normalized spacial score (nSPS) is 14.0. The lowest BCUT2D eigenvalue weighted by molar-refractivity contribution is 0.445. The van der Waals surface area contributed by atoms with Crippen LogP contribution in [0.15, 0.2) is 24.3 Å². The van der Waals surface area contributed by atoms with Crippen LogP contribution in [-0.2, 0) is 23.7 Å². The molecule has 0 radical (unpaired) electrons. The lowest BCUT2D eigenvalue weighted by Crippen LogP contribution is -2.13. The molecule has 0 aliphatic heterocycles. The van der Waals surface area contributed by atoms with E-state index in [2.05, 4.69) is 81.4 Å². The van der Waals surface area contributed by atoms with E-state index in [9.17, 15) is 0 Å². The van der Waals surface area contributed by atoms with Gasteiger partial charge in [0.25, 0.3) is 0 Å². The Hall–Kier alpha value is -1.52. The molecule has 42 heavy (non-hydrogen) atoms. The fraction of sp³-hybridized carbons (Fsp3) is 0.632. The minimum Gasteiger partial charge on any atom is -0.206 e. The summed E-state index contributed by atoms with van der Waals surface area (Å²) in [5.41, 5.74) is 3.30. The first kappa shape index (κ1) is 35.0. The zero-order chi connectivity index (χ0) is 31.2. The van der Waals surface area contributed by atoms with E-state index in [4.69, 9.17) is 0 Å². The van der Waals surface area contributed by atoms with Crippen LogP contribution in [0, 0.1) is 23.5 Å². The van der Waals surface area contributed by atoms with Crippen molar-refractivity contribution in [3.63, 3.8) is 0 Å². The van der Waals surface area contributed by atoms with E-state index < -0.39 is 0 Å². The smallest absolute Gasteiger partial charge is 0.132 e. The van der Waals surface area contributed by atoms with Gasteiger partial charge in [0.2, 0.25) is 0 Å². The Bertz CT molecular complexity index is 1180. The van der Waals surface area contributed by atoms with E-state index in [1.54, 1.807) is 22.7 Å². The summed E-state index contributed by atoms with van der Waals surface area (Å²) in [6.45, 7) is 22.4. The number of unbranched alkanes of at least 4 members (excludes halogenated alkanes) is 2. The van der Waals surface area contributed by atoms with Crippen molar-refractivity contribution in [3.05, 3.63) is 56.8 Å². The molecule has 0 fully saturated rings. The van der Waals surface area contributed by atoms with Crippen LogP contribution in [0.1, 0.15) is 141 Å². The minimum atomic E-state index is -0.334. The van der Waals surface area contributed by atoms with Crippen LogP contribution >= 0.6 is 22.7 Å². The molecular weight excluding hydrogens is 559 g/mol. The first-order valence-corrected chi connectivity index (χ1v) is 18.1. The highest BCUT2D eigenvalue weighted by Crippen LogP contribution is 2.44. The van der Waals surface area contributed by atoms with Crippen LogP contribution in [0.5, 0.6) is 0 Å². The molecule has 0 saturated carbocycles. The molecule has 0 saturated heterocycles. The number of thiophene rings is 2. The molecule has 2 unspecified atom stereocenters. The van der Waals surface area contributed by atoms with Gasteiger partial charge < -0.3 is 0 Å². The molecule has 0 spiro atoms. The lowest BCUT2D eigenvalue weighted by atomic mass is 9.86. The Kier molecular flexibility index (Phi) is 12.5. The number of halogens is 2. The fourth-order valence-corrected chi connectivity index (χ4v) is 8.66. The van der Waals surface area contributed by atoms with Crippen LogP contribution in [0.3, 0.4) is 0 Å². The predicted molar refractivity (Wildman–Crippen MR) is 184 cm³/mol. The molecule has 234 valence electrons. The summed E-state index contributed by atoms with van der Waals surface area (Å²) in [6.07, 6.45) is 11.6. The van der Waals surface area contributed by atoms with Crippen molar-refractivity contribution in [2.45, 2.75) is 144 Å². The van der Waals surface area contributed by atoms with Gasteiger partial charge in [0.05, 0.1) is 0 Å². The summed E-state index contributed by atoms with van der Waals surface area (Å²) in [4.78, 5) is 4.27. The SMILES string of the molecule is CCCCC(CC)Cc1cc(-c2cc(F)c(-c3cc(CC(CC)CCCC)c(C(C)(C)C)s3)cc2F)sc1C(C)(C)C. The van der Waals surface area contributed by atoms with Crippen molar-refractivity contribution >= 4 is 22.7 Å². The van der Waals surface area contributed by atoms with Crippen LogP contribution in [-0.4, -0.2) is 0 Å². The maximum atomic E-state index is 15.9. The summed E-state index contributed by atoms with van der Waals surface area (Å²) in [7, 11) is 0. The van der Waals surface area contributed by atoms with Gasteiger partial charge in [-0.25, -0.2) is 8.78 Å². The maximum absolute atomic E-state index is 15.9. The topological polar surface area (TPSA) is 0 Å². The maximum Gasteiger partial charge on any atom is 0.132 e. The van der Waals surface area contributed by atoms with E-state index in [1.807, 2.05) is 0 Å². The third-order valence-corrected chi connectivity index (χ3v) is 11.9. The lowest BCUT2D eigenvalue weighted by Gasteiger charge is -2.21. The minimum absolute atomic E-state index is 0.0412. The quantitative estimate of drug-likeness (QED) is 0.169. The highest BCUT2D eigenvalue weighted by atomic mass is 32.1. The number of benzene rings is 1. The molecule has 1 aromatic carbocycles. The largest absolute Gasteiger partial charge is 0.206 e. The van der Waals surface area contributed by atoms with Crippen molar-refractivity contribution in [2.75, 3.05) is 0 Å². The Morgan fingerprint density at radius 2 is 0.952 bits per heavy atom. The third kappa shape index (κ3) is 8.78. The summed E-state index contributed by atoms with van der Waals surface area (Å²) in [5.74, 6) is 0.576. The summed E-state index contributed by atoms with van der Waals surface area (Å²) < 4.78 is 31.8. The molecule has 2 aromatic heterocycles. The second-order valence-corrected chi connectivity index (χ2v) is 16.6. The molecule has 0 N–H and O–H groups in total. The van der Waals surface area contributed by atoms with Gasteiger partial charge >= 0.3 is 0 Å². The van der Waals surface area contributed by atoms with Gasteiger partial charge in [-0.2, -0.15) is 0 Å². The molecule has 2 heterocycles. The van der Waals surface area contributed by atoms with Crippen molar-refractivity contribution < 1.29 is 8.78 Å². The average Bonchev–Trinajstić information content (AvgIpc) is 3.54. The first-order chi connectivity index (χ1) is 19.7. The Labute approximate surface area is 264 Å². The molecule has 0 aliphatic carbocycles. The van der Waals surface area contributed by atoms with Gasteiger partial charge in [-0.05, 0) is 70.9 Å². The highest BCUT2D eigenvalue weighted by molar-refractivity contribution is 7.16. The van der Waals surface area contributed by atoms with Crippen molar-refractivity contribution in [1.29, 1.82) is 0 Å². The predicted octanol–water partition coefficient (Wildman–Crippen LogP) is 13.5. The van der Waals surface area contributed by atoms with Crippen LogP contribution in [0.25, 0.3) is 20.9 Å². The summed E-state index contributed by atoms with van der Waals surface area (Å²) in [5, 5.41) is 0. The molecule has 3 rings (SSSR count). The zero-order valence-corrected chi connectivity index (χ0v) is 29.7. The highest BCUT2D eigenvalue weighted by Gasteiger charge is 2.27. The van der Waals surface area contributed by atoms with Crippen molar-refractivity contribution in [1.82, 2.24) is 0 Å². The first-order valence-electron chi connectivity index (χ1n) is 16.5. The molecule has 2 atom stereocenters. The van der Waals surface area contributed by atoms with E-state index in [1.165, 1.54) is 71.5 Å². The second kappa shape index (κ2) is 15.0. The van der Waals surface area contributed by atoms with Gasteiger partial charge in [-0.15, -0.1) is 22.7 Å². The van der Waals surface area contributed by atoms with Crippen LogP contribution in [0.2, 0.25) is 0 Å². The monoisotopic (exact) mass is 614 g/mol. The summed E-state index contributed by atoms with van der Waals surface area (Å²) >= 11 is 3.28. The van der Waals surface area contributed by atoms with Crippen LogP contribution in [0.4, 0.5) is 8.78 Å². The molecular formula is C38H56F2S2. The van der Waals surface area contributed by atoms with Gasteiger partial charge in [0.1, 0.15) is 11.6 Å². The van der Waals surface area contributed by atoms with Crippen molar-refractivity contribution in [2.24, 2.45) is 11.8 Å². The Morgan fingerprint density at radius 1 is 0.595 bits per heavy atom. The van der Waals surface area contributed by atoms with Crippen LogP contribution < -0.4 is 0 Å². The van der Waals surface area contributed by atoms with Gasteiger partial charge in [-0.1, -0.05) is 121 Å². The zero-order valence-electron chi connectivity index (χ0n) is 28.1. The van der Waals surface area contributed by atoms with Gasteiger partial charge in [-0.3, -0.25) is 0 Å². The standard InChI is InChI=1S/C38H56F2S2/c1-11-15-17-25(13-3)19-27-21-33(41-35(27)37(5,6)7)29-23-32(40)30(24-31(29)39)34-22-28(36(42-34)38(8,9)10)20-26(14-4)18-16-12-2/h21-26H,11-20H2,1-10H3. The number of hydrogen-bond acceptors (Lipinski definition) is 2. The molecule has 4 heteroatoms. The van der Waals surface area contributed by atoms with E-state index in [0.29, 0.717) is 23.0 Å². The molecule has 0 aliphatic rings. The van der Waals surface area contributed by atoms with E-state index in [-0.39, 0.29) is 22.5 Å². The summed E-state index contributed by atoms with van der Waals surface area (Å²) in [6, 6.07) is 7.21. The van der Waals surface area contributed by atoms with Crippen molar-refractivity contribution in [3.8, 4) is 20.9 Å². The number of rotatable bonds is 14. The molecule has 3 aromatic rings. The molecule has 0 nitrogen and oxygen atoms in total. The van der Waals surface area contributed by atoms with E-state index in [0.717, 1.165) is 35.4 Å². The average molecular weight is 615 g/mol. The molecule has 0 amide bonds. The Morgan fingerprint density at radius 3 is 1.24 bits per heavy atom. The third-order valence-electron chi connectivity index (χ3n) is 8.67. The fourth-order valence-electron chi connectivity index (χ4n) is 6.13.